The third-order valence-electron chi connectivity index (χ3n) is 4.48. The second kappa shape index (κ2) is 6.53. The predicted octanol–water partition coefficient (Wildman–Crippen LogP) is 4.56. The van der Waals surface area contributed by atoms with Gasteiger partial charge in [0.05, 0.1) is 15.6 Å². The zero-order valence-corrected chi connectivity index (χ0v) is 14.0. The second-order valence-electron chi connectivity index (χ2n) is 5.89. The van der Waals surface area contributed by atoms with Crippen LogP contribution in [0.1, 0.15) is 48.9 Å². The lowest BCUT2D eigenvalue weighted by Gasteiger charge is -2.38. The van der Waals surface area contributed by atoms with Gasteiger partial charge in [0.15, 0.2) is 11.6 Å². The summed E-state index contributed by atoms with van der Waals surface area (Å²) in [5.41, 5.74) is -1.22. The highest BCUT2D eigenvalue weighted by Crippen LogP contribution is 2.36. The fourth-order valence-corrected chi connectivity index (χ4v) is 3.49. The molecule has 5 heteroatoms. The Morgan fingerprint density at radius 2 is 1.71 bits per heavy atom. The minimum atomic E-state index is -0.807. The average Bonchev–Trinajstić information content (AvgIpc) is 2.70. The lowest BCUT2D eigenvalue weighted by molar-refractivity contribution is 0.0625. The van der Waals surface area contributed by atoms with Gasteiger partial charge >= 0.3 is 0 Å². The van der Waals surface area contributed by atoms with E-state index in [1.165, 1.54) is 6.07 Å². The van der Waals surface area contributed by atoms with Crippen LogP contribution in [0, 0.1) is 11.6 Å². The topological polar surface area (TPSA) is 20.3 Å². The molecule has 1 aromatic carbocycles. The molecular weight excluding hydrogens is 340 g/mol. The number of likely N-dealkylation sites (N-methyl/N-ethyl adjacent to an activating group) is 1. The van der Waals surface area contributed by atoms with E-state index in [1.807, 2.05) is 19.0 Å². The first-order valence-electron chi connectivity index (χ1n) is 7.26. The maximum atomic E-state index is 14.3. The van der Waals surface area contributed by atoms with Gasteiger partial charge in [-0.1, -0.05) is 25.7 Å². The fourth-order valence-electron chi connectivity index (χ4n) is 3.16. The third-order valence-corrected chi connectivity index (χ3v) is 5.09. The van der Waals surface area contributed by atoms with Gasteiger partial charge in [0.25, 0.3) is 0 Å². The molecule has 1 aromatic rings. The Hall–Kier alpha value is -0.810. The summed E-state index contributed by atoms with van der Waals surface area (Å²) in [4.78, 5) is 14.8. The van der Waals surface area contributed by atoms with Crippen LogP contribution in [-0.2, 0) is 0 Å². The van der Waals surface area contributed by atoms with Gasteiger partial charge in [-0.15, -0.1) is 0 Å². The van der Waals surface area contributed by atoms with Crippen LogP contribution in [0.25, 0.3) is 0 Å². The van der Waals surface area contributed by atoms with Crippen LogP contribution in [0.15, 0.2) is 16.6 Å². The number of hydrogen-bond acceptors (Lipinski definition) is 2. The Morgan fingerprint density at radius 1 is 1.14 bits per heavy atom. The lowest BCUT2D eigenvalue weighted by atomic mass is 9.81. The van der Waals surface area contributed by atoms with E-state index in [0.29, 0.717) is 12.8 Å². The van der Waals surface area contributed by atoms with Crippen LogP contribution in [-0.4, -0.2) is 30.3 Å². The van der Waals surface area contributed by atoms with Crippen molar-refractivity contribution < 1.29 is 13.6 Å². The highest BCUT2D eigenvalue weighted by Gasteiger charge is 2.43. The van der Waals surface area contributed by atoms with Crippen molar-refractivity contribution in [3.8, 4) is 0 Å². The van der Waals surface area contributed by atoms with Gasteiger partial charge in [-0.2, -0.15) is 0 Å². The zero-order chi connectivity index (χ0) is 15.6. The molecule has 1 aliphatic carbocycles. The van der Waals surface area contributed by atoms with Gasteiger partial charge in [-0.05, 0) is 55.0 Å². The summed E-state index contributed by atoms with van der Waals surface area (Å²) in [6.45, 7) is 0. The number of halogens is 3. The molecule has 1 fully saturated rings. The average molecular weight is 360 g/mol. The van der Waals surface area contributed by atoms with Gasteiger partial charge in [-0.25, -0.2) is 8.78 Å². The van der Waals surface area contributed by atoms with Crippen LogP contribution >= 0.6 is 15.9 Å². The van der Waals surface area contributed by atoms with Crippen LogP contribution in [0.5, 0.6) is 0 Å². The summed E-state index contributed by atoms with van der Waals surface area (Å²) < 4.78 is 28.5. The molecule has 0 N–H and O–H groups in total. The van der Waals surface area contributed by atoms with E-state index >= 15 is 0 Å². The van der Waals surface area contributed by atoms with E-state index in [4.69, 9.17) is 0 Å². The molecule has 21 heavy (non-hydrogen) atoms. The molecule has 0 atom stereocenters. The molecular formula is C16H20BrF2NO. The quantitative estimate of drug-likeness (QED) is 0.447. The summed E-state index contributed by atoms with van der Waals surface area (Å²) in [5, 5.41) is 0. The van der Waals surface area contributed by atoms with Crippen molar-refractivity contribution in [1.82, 2.24) is 4.90 Å². The molecule has 0 amide bonds. The Labute approximate surface area is 132 Å². The molecule has 0 saturated heterocycles. The molecule has 116 valence electrons. The van der Waals surface area contributed by atoms with Crippen molar-refractivity contribution in [3.63, 3.8) is 0 Å². The molecule has 2 nitrogen and oxygen atoms in total. The van der Waals surface area contributed by atoms with Gasteiger partial charge in [0.2, 0.25) is 0 Å². The van der Waals surface area contributed by atoms with E-state index in [-0.39, 0.29) is 4.47 Å². The molecule has 0 unspecified atom stereocenters. The molecule has 1 saturated carbocycles. The number of Topliss-reactive ketones (excluding diaryl/α,β-unsaturated/α-hetero) is 1. The standard InChI is InChI=1S/C16H20BrF2NO/c1-20(2)16(9-5-3-4-6-10-16)15(21)13-12(18)8-7-11(17)14(13)19/h7-8H,3-6,9-10H2,1-2H3. The smallest absolute Gasteiger partial charge is 0.188 e. The van der Waals surface area contributed by atoms with Crippen molar-refractivity contribution in [1.29, 1.82) is 0 Å². The normalized spacial score (nSPS) is 18.6. The number of nitrogens with zero attached hydrogens (tertiary/aromatic N) is 1. The summed E-state index contributed by atoms with van der Waals surface area (Å²) in [7, 11) is 3.63. The molecule has 2 rings (SSSR count). The highest BCUT2D eigenvalue weighted by atomic mass is 79.9. The summed E-state index contributed by atoms with van der Waals surface area (Å²) in [6, 6.07) is 2.43. The molecule has 0 aliphatic heterocycles. The Kier molecular flexibility index (Phi) is 5.15. The van der Waals surface area contributed by atoms with E-state index < -0.39 is 28.5 Å². The first-order chi connectivity index (χ1) is 9.90. The molecule has 1 aliphatic rings. The molecule has 0 bridgehead atoms. The molecule has 0 radical (unpaired) electrons. The molecule has 0 spiro atoms. The number of hydrogen-bond donors (Lipinski definition) is 0. The lowest BCUT2D eigenvalue weighted by Crippen LogP contribution is -2.51. The van der Waals surface area contributed by atoms with Gasteiger partial charge in [0, 0.05) is 0 Å². The van der Waals surface area contributed by atoms with Crippen molar-refractivity contribution in [2.24, 2.45) is 0 Å². The minimum absolute atomic E-state index is 0.120. The first-order valence-corrected chi connectivity index (χ1v) is 8.05. The number of benzene rings is 1. The molecule has 0 aromatic heterocycles. The Bertz CT molecular complexity index is 537. The molecule has 0 heterocycles. The van der Waals surface area contributed by atoms with Crippen LogP contribution in [0.4, 0.5) is 8.78 Å². The summed E-state index contributed by atoms with van der Waals surface area (Å²) in [5.74, 6) is -2.03. The van der Waals surface area contributed by atoms with Crippen LogP contribution in [0.3, 0.4) is 0 Å². The van der Waals surface area contributed by atoms with Crippen LogP contribution < -0.4 is 0 Å². The largest absolute Gasteiger partial charge is 0.297 e. The van der Waals surface area contributed by atoms with Gasteiger partial charge < -0.3 is 0 Å². The summed E-state index contributed by atoms with van der Waals surface area (Å²) in [6.07, 6.45) is 5.22. The SMILES string of the molecule is CN(C)C1(C(=O)c2c(F)ccc(Br)c2F)CCCCCC1. The van der Waals surface area contributed by atoms with Crippen molar-refractivity contribution >= 4 is 21.7 Å². The minimum Gasteiger partial charge on any atom is -0.297 e. The van der Waals surface area contributed by atoms with Crippen molar-refractivity contribution in [2.45, 2.75) is 44.1 Å². The highest BCUT2D eigenvalue weighted by molar-refractivity contribution is 9.10. The van der Waals surface area contributed by atoms with E-state index in [1.54, 1.807) is 0 Å². The van der Waals surface area contributed by atoms with Gasteiger partial charge in [0.1, 0.15) is 5.82 Å². The van der Waals surface area contributed by atoms with Gasteiger partial charge in [-0.3, -0.25) is 9.69 Å². The van der Waals surface area contributed by atoms with E-state index in [2.05, 4.69) is 15.9 Å². The van der Waals surface area contributed by atoms with E-state index in [9.17, 15) is 13.6 Å². The predicted molar refractivity (Wildman–Crippen MR) is 82.5 cm³/mol. The monoisotopic (exact) mass is 359 g/mol. The second-order valence-corrected chi connectivity index (χ2v) is 6.74. The van der Waals surface area contributed by atoms with Crippen LogP contribution in [0.2, 0.25) is 0 Å². The maximum absolute atomic E-state index is 14.3. The van der Waals surface area contributed by atoms with Crippen molar-refractivity contribution in [2.75, 3.05) is 14.1 Å². The number of carbonyl (C=O) groups excluding carboxylic acids is 1. The Morgan fingerprint density at radius 3 is 2.24 bits per heavy atom. The van der Waals surface area contributed by atoms with Crippen molar-refractivity contribution in [3.05, 3.63) is 33.8 Å². The first kappa shape index (κ1) is 16.6. The Balaban J connectivity index is 2.51. The number of ketones is 1. The third kappa shape index (κ3) is 3.04. The number of carbonyl (C=O) groups is 1. The maximum Gasteiger partial charge on any atom is 0.188 e. The fraction of sp³-hybridized carbons (Fsp3) is 0.562. The zero-order valence-electron chi connectivity index (χ0n) is 12.4. The number of rotatable bonds is 3. The summed E-state index contributed by atoms with van der Waals surface area (Å²) >= 11 is 3.04. The van der Waals surface area contributed by atoms with E-state index in [0.717, 1.165) is 31.7 Å².